The molecule has 0 aliphatic rings. The van der Waals surface area contributed by atoms with Crippen LogP contribution in [-0.4, -0.2) is 14.8 Å². The van der Waals surface area contributed by atoms with E-state index in [1.807, 2.05) is 6.92 Å². The van der Waals surface area contributed by atoms with Gasteiger partial charge in [0.05, 0.1) is 0 Å². The van der Waals surface area contributed by atoms with Crippen LogP contribution in [0.1, 0.15) is 12.5 Å². The van der Waals surface area contributed by atoms with Crippen LogP contribution in [0.25, 0.3) is 0 Å². The first-order valence-electron chi connectivity index (χ1n) is 5.33. The van der Waals surface area contributed by atoms with Gasteiger partial charge in [0, 0.05) is 16.8 Å². The highest BCUT2D eigenvalue weighted by Crippen LogP contribution is 2.23. The summed E-state index contributed by atoms with van der Waals surface area (Å²) < 4.78 is 15.8. The van der Waals surface area contributed by atoms with E-state index in [4.69, 9.17) is 0 Å². The maximum absolute atomic E-state index is 13.6. The van der Waals surface area contributed by atoms with Crippen LogP contribution in [0.3, 0.4) is 0 Å². The minimum Gasteiger partial charge on any atom is -0.270 e. The Hall–Kier alpha value is -1.08. The monoisotopic (exact) mass is 331 g/mol. The van der Waals surface area contributed by atoms with E-state index < -0.39 is 0 Å². The van der Waals surface area contributed by atoms with Crippen LogP contribution in [0.15, 0.2) is 32.6 Å². The third kappa shape index (κ3) is 2.84. The largest absolute Gasteiger partial charge is 0.343 e. The molecular formula is C11H11BrFN3OS. The van der Waals surface area contributed by atoms with Gasteiger partial charge in [0.1, 0.15) is 5.82 Å². The predicted molar refractivity (Wildman–Crippen MR) is 72.2 cm³/mol. The molecule has 0 spiro atoms. The van der Waals surface area contributed by atoms with Crippen LogP contribution in [0.5, 0.6) is 0 Å². The molecule has 1 aromatic heterocycles. The highest BCUT2D eigenvalue weighted by molar-refractivity contribution is 9.10. The lowest BCUT2D eigenvalue weighted by molar-refractivity contribution is 0.616. The van der Waals surface area contributed by atoms with Gasteiger partial charge in [-0.25, -0.2) is 14.3 Å². The van der Waals surface area contributed by atoms with Gasteiger partial charge in [-0.3, -0.25) is 4.57 Å². The maximum Gasteiger partial charge on any atom is 0.343 e. The smallest absolute Gasteiger partial charge is 0.270 e. The van der Waals surface area contributed by atoms with E-state index in [2.05, 4.69) is 26.1 Å². The molecule has 1 heterocycles. The van der Waals surface area contributed by atoms with Crippen molar-refractivity contribution in [2.45, 2.75) is 24.4 Å². The molecule has 1 aromatic carbocycles. The zero-order valence-corrected chi connectivity index (χ0v) is 12.0. The molecule has 2 rings (SSSR count). The molecule has 4 nitrogen and oxygen atoms in total. The first-order chi connectivity index (χ1) is 8.61. The third-order valence-corrected chi connectivity index (χ3v) is 3.93. The van der Waals surface area contributed by atoms with Gasteiger partial charge in [-0.15, -0.1) is 5.10 Å². The standard InChI is InChI=1S/C11H11BrFN3OS/c1-2-16-10(17)14-15-11(16)18-6-7-3-4-8(12)5-9(7)13/h3-5H,2,6H2,1H3,(H,14,17). The summed E-state index contributed by atoms with van der Waals surface area (Å²) in [5.41, 5.74) is 0.345. The number of hydrogen-bond donors (Lipinski definition) is 1. The van der Waals surface area contributed by atoms with E-state index in [0.29, 0.717) is 27.5 Å². The summed E-state index contributed by atoms with van der Waals surface area (Å²) in [5.74, 6) is 0.168. The van der Waals surface area contributed by atoms with Crippen LogP contribution in [0.4, 0.5) is 4.39 Å². The normalized spacial score (nSPS) is 10.8. The van der Waals surface area contributed by atoms with E-state index in [-0.39, 0.29) is 11.5 Å². The fraction of sp³-hybridized carbons (Fsp3) is 0.273. The van der Waals surface area contributed by atoms with Crippen molar-refractivity contribution in [1.29, 1.82) is 0 Å². The molecule has 0 radical (unpaired) electrons. The number of nitrogens with one attached hydrogen (secondary N) is 1. The average molecular weight is 332 g/mol. The summed E-state index contributed by atoms with van der Waals surface area (Å²) in [6, 6.07) is 4.93. The topological polar surface area (TPSA) is 50.7 Å². The highest BCUT2D eigenvalue weighted by Gasteiger charge is 2.09. The predicted octanol–water partition coefficient (Wildman–Crippen LogP) is 2.79. The van der Waals surface area contributed by atoms with Crippen LogP contribution in [-0.2, 0) is 12.3 Å². The van der Waals surface area contributed by atoms with Gasteiger partial charge in [-0.1, -0.05) is 33.8 Å². The minimum atomic E-state index is -0.266. The lowest BCUT2D eigenvalue weighted by Gasteiger charge is -2.04. The Labute approximate surface area is 116 Å². The van der Waals surface area contributed by atoms with Gasteiger partial charge in [0.25, 0.3) is 0 Å². The van der Waals surface area contributed by atoms with Gasteiger partial charge in [0.15, 0.2) is 5.16 Å². The number of H-pyrrole nitrogens is 1. The van der Waals surface area contributed by atoms with E-state index in [9.17, 15) is 9.18 Å². The first kappa shape index (κ1) is 13.4. The molecule has 0 bridgehead atoms. The van der Waals surface area contributed by atoms with Crippen LogP contribution in [0.2, 0.25) is 0 Å². The van der Waals surface area contributed by atoms with Crippen LogP contribution < -0.4 is 5.69 Å². The minimum absolute atomic E-state index is 0.240. The van der Waals surface area contributed by atoms with Crippen molar-refractivity contribution >= 4 is 27.7 Å². The zero-order chi connectivity index (χ0) is 13.1. The quantitative estimate of drug-likeness (QED) is 0.876. The van der Waals surface area contributed by atoms with Crippen molar-refractivity contribution in [1.82, 2.24) is 14.8 Å². The molecule has 0 fully saturated rings. The van der Waals surface area contributed by atoms with Crippen molar-refractivity contribution in [2.24, 2.45) is 0 Å². The lowest BCUT2D eigenvalue weighted by atomic mass is 10.2. The highest BCUT2D eigenvalue weighted by atomic mass is 79.9. The van der Waals surface area contributed by atoms with Crippen LogP contribution >= 0.6 is 27.7 Å². The Balaban J connectivity index is 2.14. The van der Waals surface area contributed by atoms with E-state index >= 15 is 0 Å². The molecule has 0 unspecified atom stereocenters. The summed E-state index contributed by atoms with van der Waals surface area (Å²) in [6.07, 6.45) is 0. The van der Waals surface area contributed by atoms with E-state index in [0.717, 1.165) is 0 Å². The molecule has 1 N–H and O–H groups in total. The molecule has 18 heavy (non-hydrogen) atoms. The fourth-order valence-electron chi connectivity index (χ4n) is 1.47. The molecule has 0 amide bonds. The van der Waals surface area contributed by atoms with Crippen molar-refractivity contribution in [3.63, 3.8) is 0 Å². The first-order valence-corrected chi connectivity index (χ1v) is 7.11. The molecule has 7 heteroatoms. The van der Waals surface area contributed by atoms with Crippen molar-refractivity contribution in [2.75, 3.05) is 0 Å². The number of aromatic amines is 1. The molecule has 0 aliphatic carbocycles. The number of rotatable bonds is 4. The zero-order valence-electron chi connectivity index (χ0n) is 9.61. The van der Waals surface area contributed by atoms with Crippen molar-refractivity contribution < 1.29 is 4.39 Å². The summed E-state index contributed by atoms with van der Waals surface area (Å²) in [7, 11) is 0. The van der Waals surface area contributed by atoms with Crippen LogP contribution in [0, 0.1) is 5.82 Å². The molecule has 96 valence electrons. The van der Waals surface area contributed by atoms with Crippen molar-refractivity contribution in [3.8, 4) is 0 Å². The van der Waals surface area contributed by atoms with Gasteiger partial charge in [-0.05, 0) is 24.6 Å². The molecule has 0 atom stereocenters. The number of halogens is 2. The second-order valence-corrected chi connectivity index (χ2v) is 5.44. The molecule has 0 saturated heterocycles. The Morgan fingerprint density at radius 3 is 3.00 bits per heavy atom. The summed E-state index contributed by atoms with van der Waals surface area (Å²) in [5, 5.41) is 6.86. The number of benzene rings is 1. The SMILES string of the molecule is CCn1c(SCc2ccc(Br)cc2F)n[nH]c1=O. The molecular weight excluding hydrogens is 321 g/mol. The van der Waals surface area contributed by atoms with Gasteiger partial charge in [-0.2, -0.15) is 0 Å². The second-order valence-electron chi connectivity index (χ2n) is 3.58. The van der Waals surface area contributed by atoms with Crippen molar-refractivity contribution in [3.05, 3.63) is 44.5 Å². The second kappa shape index (κ2) is 5.71. The Kier molecular flexibility index (Phi) is 4.23. The number of thioether (sulfide) groups is 1. The fourth-order valence-corrected chi connectivity index (χ4v) is 2.80. The average Bonchev–Trinajstić information content (AvgIpc) is 2.69. The van der Waals surface area contributed by atoms with Gasteiger partial charge < -0.3 is 0 Å². The number of aromatic nitrogens is 3. The Morgan fingerprint density at radius 1 is 1.56 bits per heavy atom. The summed E-state index contributed by atoms with van der Waals surface area (Å²) in [6.45, 7) is 2.40. The van der Waals surface area contributed by atoms with E-state index in [1.54, 1.807) is 12.1 Å². The Morgan fingerprint density at radius 2 is 2.33 bits per heavy atom. The Bertz CT molecular complexity index is 611. The van der Waals surface area contributed by atoms with Gasteiger partial charge >= 0.3 is 5.69 Å². The molecule has 2 aromatic rings. The van der Waals surface area contributed by atoms with E-state index in [1.165, 1.54) is 22.4 Å². The third-order valence-electron chi connectivity index (χ3n) is 2.41. The number of hydrogen-bond acceptors (Lipinski definition) is 3. The molecule has 0 aliphatic heterocycles. The maximum atomic E-state index is 13.6. The number of nitrogens with zero attached hydrogens (tertiary/aromatic N) is 2. The lowest BCUT2D eigenvalue weighted by Crippen LogP contribution is -2.16. The molecule has 0 saturated carbocycles. The summed E-state index contributed by atoms with van der Waals surface area (Å²) in [4.78, 5) is 11.3. The van der Waals surface area contributed by atoms with Gasteiger partial charge in [0.2, 0.25) is 0 Å². The summed E-state index contributed by atoms with van der Waals surface area (Å²) >= 11 is 4.54.